The average Bonchev–Trinajstić information content (AvgIpc) is 2.46. The van der Waals surface area contributed by atoms with Gasteiger partial charge in [0, 0.05) is 6.54 Å². The van der Waals surface area contributed by atoms with Crippen LogP contribution in [-0.2, 0) is 16.9 Å². The summed E-state index contributed by atoms with van der Waals surface area (Å²) in [4.78, 5) is 13.9. The number of hydrogen-bond acceptors (Lipinski definition) is 3. The van der Waals surface area contributed by atoms with E-state index in [0.29, 0.717) is 11.1 Å². The molecule has 0 aliphatic rings. The molecule has 1 unspecified atom stereocenters. The molecule has 21 heavy (non-hydrogen) atoms. The highest BCUT2D eigenvalue weighted by molar-refractivity contribution is 5.88. The van der Waals surface area contributed by atoms with Gasteiger partial charge in [-0.15, -0.1) is 0 Å². The summed E-state index contributed by atoms with van der Waals surface area (Å²) in [6.45, 7) is 0.720. The lowest BCUT2D eigenvalue weighted by Gasteiger charge is -2.26. The van der Waals surface area contributed by atoms with Crippen molar-refractivity contribution in [1.29, 1.82) is 0 Å². The molecule has 0 radical (unpaired) electrons. The Bertz CT molecular complexity index is 626. The fourth-order valence-electron chi connectivity index (χ4n) is 2.39. The number of hydrogen-bond donors (Lipinski definition) is 2. The van der Waals surface area contributed by atoms with Gasteiger partial charge in [-0.3, -0.25) is 4.79 Å². The van der Waals surface area contributed by atoms with Crippen LogP contribution in [0.2, 0.25) is 0 Å². The van der Waals surface area contributed by atoms with Crippen LogP contribution in [0, 0.1) is 0 Å². The van der Waals surface area contributed by atoms with E-state index in [4.69, 9.17) is 5.73 Å². The summed E-state index contributed by atoms with van der Waals surface area (Å²) in [7, 11) is 3.92. The summed E-state index contributed by atoms with van der Waals surface area (Å²) in [5.41, 5.74) is 5.64. The number of amides is 1. The number of rotatable bonds is 5. The first kappa shape index (κ1) is 15.2. The van der Waals surface area contributed by atoms with Crippen molar-refractivity contribution in [3.63, 3.8) is 0 Å². The highest BCUT2D eigenvalue weighted by Crippen LogP contribution is 2.30. The Hall–Kier alpha value is -2.17. The summed E-state index contributed by atoms with van der Waals surface area (Å²) >= 11 is 0. The van der Waals surface area contributed by atoms with Crippen molar-refractivity contribution in [3.05, 3.63) is 71.3 Å². The second kappa shape index (κ2) is 6.08. The third-order valence-electron chi connectivity index (χ3n) is 3.39. The zero-order valence-corrected chi connectivity index (χ0v) is 12.3. The molecule has 2 rings (SSSR count). The second-order valence-corrected chi connectivity index (χ2v) is 5.38. The molecule has 0 bridgehead atoms. The fourth-order valence-corrected chi connectivity index (χ4v) is 2.39. The Balaban J connectivity index is 2.51. The molecule has 0 aliphatic carbocycles. The van der Waals surface area contributed by atoms with Crippen LogP contribution in [0.3, 0.4) is 0 Å². The topological polar surface area (TPSA) is 66.6 Å². The van der Waals surface area contributed by atoms with Gasteiger partial charge >= 0.3 is 0 Å². The largest absolute Gasteiger partial charge is 0.372 e. The molecule has 2 aromatic carbocycles. The summed E-state index contributed by atoms with van der Waals surface area (Å²) in [6, 6.07) is 16.1. The Kier molecular flexibility index (Phi) is 4.40. The molecule has 4 nitrogen and oxygen atoms in total. The molecule has 4 heteroatoms. The van der Waals surface area contributed by atoms with Crippen LogP contribution in [0.5, 0.6) is 0 Å². The fraction of sp³-hybridized carbons (Fsp3) is 0.235. The molecule has 0 spiro atoms. The quantitative estimate of drug-likeness (QED) is 0.873. The van der Waals surface area contributed by atoms with Gasteiger partial charge in [0.1, 0.15) is 0 Å². The van der Waals surface area contributed by atoms with E-state index < -0.39 is 11.5 Å². The molecule has 0 aliphatic heterocycles. The summed E-state index contributed by atoms with van der Waals surface area (Å²) < 4.78 is 0. The summed E-state index contributed by atoms with van der Waals surface area (Å²) in [5, 5.41) is 10.9. The van der Waals surface area contributed by atoms with Gasteiger partial charge in [-0.1, -0.05) is 54.6 Å². The maximum atomic E-state index is 11.9. The Morgan fingerprint density at radius 2 is 1.71 bits per heavy atom. The van der Waals surface area contributed by atoms with Gasteiger partial charge in [0.15, 0.2) is 5.60 Å². The van der Waals surface area contributed by atoms with Crippen molar-refractivity contribution in [2.45, 2.75) is 12.1 Å². The molecule has 0 heterocycles. The van der Waals surface area contributed by atoms with E-state index in [0.717, 1.165) is 12.1 Å². The lowest BCUT2D eigenvalue weighted by atomic mass is 9.85. The van der Waals surface area contributed by atoms with E-state index in [1.807, 2.05) is 43.3 Å². The molecule has 0 aromatic heterocycles. The first-order valence-corrected chi connectivity index (χ1v) is 6.76. The van der Waals surface area contributed by atoms with Crippen molar-refractivity contribution in [1.82, 2.24) is 4.90 Å². The van der Waals surface area contributed by atoms with E-state index in [2.05, 4.69) is 0 Å². The number of nitrogens with two attached hydrogens (primary N) is 1. The van der Waals surface area contributed by atoms with Crippen molar-refractivity contribution in [3.8, 4) is 0 Å². The van der Waals surface area contributed by atoms with Gasteiger partial charge in [-0.25, -0.2) is 0 Å². The zero-order valence-electron chi connectivity index (χ0n) is 12.3. The number of carbonyl (C=O) groups excluding carboxylic acids is 1. The highest BCUT2D eigenvalue weighted by atomic mass is 16.3. The van der Waals surface area contributed by atoms with Crippen LogP contribution in [-0.4, -0.2) is 30.0 Å². The van der Waals surface area contributed by atoms with Crippen LogP contribution in [0.4, 0.5) is 0 Å². The minimum absolute atomic E-state index is 0.472. The monoisotopic (exact) mass is 284 g/mol. The van der Waals surface area contributed by atoms with Crippen molar-refractivity contribution in [2.24, 2.45) is 5.73 Å². The molecule has 0 saturated heterocycles. The van der Waals surface area contributed by atoms with Gasteiger partial charge in [-0.2, -0.15) is 0 Å². The first-order valence-electron chi connectivity index (χ1n) is 6.76. The first-order chi connectivity index (χ1) is 9.94. The number of aliphatic hydroxyl groups is 1. The van der Waals surface area contributed by atoms with E-state index in [9.17, 15) is 9.90 Å². The van der Waals surface area contributed by atoms with Gasteiger partial charge in [0.25, 0.3) is 5.91 Å². The number of benzene rings is 2. The van der Waals surface area contributed by atoms with Crippen LogP contribution in [0.15, 0.2) is 54.6 Å². The zero-order chi connectivity index (χ0) is 15.5. The molecule has 0 fully saturated rings. The highest BCUT2D eigenvalue weighted by Gasteiger charge is 2.38. The second-order valence-electron chi connectivity index (χ2n) is 5.38. The average molecular weight is 284 g/mol. The lowest BCUT2D eigenvalue weighted by molar-refractivity contribution is -0.133. The van der Waals surface area contributed by atoms with Gasteiger partial charge in [-0.05, 0) is 30.8 Å². The Morgan fingerprint density at radius 1 is 1.10 bits per heavy atom. The van der Waals surface area contributed by atoms with Crippen molar-refractivity contribution in [2.75, 3.05) is 14.1 Å². The van der Waals surface area contributed by atoms with Crippen LogP contribution >= 0.6 is 0 Å². The molecule has 110 valence electrons. The molecular formula is C17H20N2O2. The maximum absolute atomic E-state index is 11.9. The van der Waals surface area contributed by atoms with E-state index in [1.54, 1.807) is 30.3 Å². The smallest absolute Gasteiger partial charge is 0.258 e. The van der Waals surface area contributed by atoms with Gasteiger partial charge < -0.3 is 15.7 Å². The molecule has 0 saturated carbocycles. The van der Waals surface area contributed by atoms with E-state index in [1.165, 1.54) is 0 Å². The standard InChI is InChI=1S/C17H20N2O2/c1-19(2)12-13-7-6-10-15(11-13)17(21,16(18)20)14-8-4-3-5-9-14/h3-11,21H,12H2,1-2H3,(H2,18,20). The number of primary amides is 1. The Morgan fingerprint density at radius 3 is 2.29 bits per heavy atom. The minimum Gasteiger partial charge on any atom is -0.372 e. The van der Waals surface area contributed by atoms with Crippen molar-refractivity contribution >= 4 is 5.91 Å². The normalized spacial score (nSPS) is 13.9. The molecule has 2 aromatic rings. The molecular weight excluding hydrogens is 264 g/mol. The van der Waals surface area contributed by atoms with Crippen LogP contribution in [0.1, 0.15) is 16.7 Å². The molecule has 1 atom stereocenters. The summed E-state index contributed by atoms with van der Waals surface area (Å²) in [5.74, 6) is -0.782. The third kappa shape index (κ3) is 3.12. The molecule has 3 N–H and O–H groups in total. The molecule has 1 amide bonds. The van der Waals surface area contributed by atoms with Crippen LogP contribution < -0.4 is 5.73 Å². The van der Waals surface area contributed by atoms with Gasteiger partial charge in [0.05, 0.1) is 0 Å². The van der Waals surface area contributed by atoms with Gasteiger partial charge in [0.2, 0.25) is 0 Å². The van der Waals surface area contributed by atoms with E-state index in [-0.39, 0.29) is 0 Å². The number of carbonyl (C=O) groups is 1. The lowest BCUT2D eigenvalue weighted by Crippen LogP contribution is -2.42. The summed E-state index contributed by atoms with van der Waals surface area (Å²) in [6.07, 6.45) is 0. The van der Waals surface area contributed by atoms with Crippen LogP contribution in [0.25, 0.3) is 0 Å². The predicted molar refractivity (Wildman–Crippen MR) is 82.5 cm³/mol. The Labute approximate surface area is 124 Å². The minimum atomic E-state index is -1.82. The number of nitrogens with zero attached hydrogens (tertiary/aromatic N) is 1. The third-order valence-corrected chi connectivity index (χ3v) is 3.39. The van der Waals surface area contributed by atoms with Crippen molar-refractivity contribution < 1.29 is 9.90 Å². The van der Waals surface area contributed by atoms with E-state index >= 15 is 0 Å². The predicted octanol–water partition coefficient (Wildman–Crippen LogP) is 1.47. The SMILES string of the molecule is CN(C)Cc1cccc(C(O)(C(N)=O)c2ccccc2)c1. The maximum Gasteiger partial charge on any atom is 0.258 e.